The van der Waals surface area contributed by atoms with E-state index in [1.54, 1.807) is 7.11 Å². The summed E-state index contributed by atoms with van der Waals surface area (Å²) in [4.78, 5) is 0.764. The molecule has 0 saturated carbocycles. The van der Waals surface area contributed by atoms with Crippen LogP contribution in [0.1, 0.15) is 0 Å². The molecule has 0 aromatic heterocycles. The Hall–Kier alpha value is -0.163. The van der Waals surface area contributed by atoms with E-state index in [0.29, 0.717) is 0 Å². The second-order valence-electron chi connectivity index (χ2n) is 1.65. The van der Waals surface area contributed by atoms with Gasteiger partial charge in [-0.1, -0.05) is 18.2 Å². The third-order valence-electron chi connectivity index (χ3n) is 1.07. The third-order valence-corrected chi connectivity index (χ3v) is 1.41. The van der Waals surface area contributed by atoms with Gasteiger partial charge in [-0.05, 0) is 6.07 Å². The Morgan fingerprint density at radius 2 is 1.90 bits per heavy atom. The fourth-order valence-corrected chi connectivity index (χ4v) is 0.849. The quantitative estimate of drug-likeness (QED) is 0.356. The summed E-state index contributed by atoms with van der Waals surface area (Å²) in [6, 6.07) is 7.48. The molecule has 0 aliphatic heterocycles. The number of rotatable bonds is 1. The number of methoxy groups -OCH3 is 1. The van der Waals surface area contributed by atoms with E-state index < -0.39 is 0 Å². The Balaban J connectivity index is 0.000000810. The van der Waals surface area contributed by atoms with Gasteiger partial charge in [0.05, 0.1) is 12.9 Å². The average Bonchev–Trinajstić information content (AvgIpc) is 1.89. The summed E-state index contributed by atoms with van der Waals surface area (Å²) in [5.74, 6) is 0.771. The monoisotopic (exact) mass is 146 g/mol. The summed E-state index contributed by atoms with van der Waals surface area (Å²) in [5.41, 5.74) is 0. The van der Waals surface area contributed by atoms with Gasteiger partial charge >= 0.3 is 18.9 Å². The van der Waals surface area contributed by atoms with Gasteiger partial charge in [-0.25, -0.2) is 0 Å². The van der Waals surface area contributed by atoms with E-state index in [4.69, 9.17) is 17.4 Å². The zero-order chi connectivity index (χ0) is 6.69. The molecule has 0 heterocycles. The molecule has 0 atom stereocenters. The zero-order valence-corrected chi connectivity index (χ0v) is 6.94. The molecule has 0 aliphatic rings. The maximum absolute atomic E-state index is 4.94. The number of hydrogen-bond donors (Lipinski definition) is 0. The molecule has 1 rings (SSSR count). The van der Waals surface area contributed by atoms with E-state index in [1.807, 2.05) is 24.3 Å². The second-order valence-corrected chi connectivity index (χ2v) is 2.09. The molecule has 0 amide bonds. The minimum atomic E-state index is 0. The van der Waals surface area contributed by atoms with Crippen LogP contribution in [-0.2, 0) is 12.6 Å². The summed E-state index contributed by atoms with van der Waals surface area (Å²) in [6.45, 7) is 0. The van der Waals surface area contributed by atoms with Crippen LogP contribution in [0.4, 0.5) is 0 Å². The van der Waals surface area contributed by atoms with Crippen LogP contribution in [0.15, 0.2) is 29.2 Å². The first-order valence-electron chi connectivity index (χ1n) is 2.64. The maximum atomic E-state index is 4.94. The van der Waals surface area contributed by atoms with Gasteiger partial charge in [0.1, 0.15) is 0 Å². The standard InChI is InChI=1S/C7H8OS.Li/c1-8-6-4-2-3-5-7(6)9;/h2-5,9H,1H3;/q;+1/p-1. The molecule has 0 radical (unpaired) electrons. The van der Waals surface area contributed by atoms with Crippen LogP contribution in [0.3, 0.4) is 0 Å². The molecule has 1 aromatic carbocycles. The van der Waals surface area contributed by atoms with Crippen LogP contribution in [0.5, 0.6) is 5.75 Å². The first-order chi connectivity index (χ1) is 4.34. The molecule has 48 valence electrons. The Bertz CT molecular complexity index is 203. The zero-order valence-electron chi connectivity index (χ0n) is 6.13. The molecule has 0 fully saturated rings. The van der Waals surface area contributed by atoms with Crippen molar-refractivity contribution in [3.8, 4) is 5.75 Å². The van der Waals surface area contributed by atoms with Gasteiger partial charge in [0.2, 0.25) is 0 Å². The Morgan fingerprint density at radius 1 is 1.30 bits per heavy atom. The minimum Gasteiger partial charge on any atom is -0.776 e. The van der Waals surface area contributed by atoms with Crippen LogP contribution >= 0.6 is 0 Å². The van der Waals surface area contributed by atoms with Crippen molar-refractivity contribution in [3.05, 3.63) is 24.3 Å². The Morgan fingerprint density at radius 3 is 2.30 bits per heavy atom. The molecule has 0 bridgehead atoms. The summed E-state index contributed by atoms with van der Waals surface area (Å²) in [7, 11) is 1.62. The first-order valence-corrected chi connectivity index (χ1v) is 3.05. The fraction of sp³-hybridized carbons (Fsp3) is 0.143. The van der Waals surface area contributed by atoms with Crippen molar-refractivity contribution in [2.24, 2.45) is 0 Å². The Kier molecular flexibility index (Phi) is 4.55. The number of para-hydroxylation sites is 1. The van der Waals surface area contributed by atoms with Crippen molar-refractivity contribution < 1.29 is 23.6 Å². The number of hydrogen-bond acceptors (Lipinski definition) is 2. The molecular weight excluding hydrogens is 139 g/mol. The molecule has 3 heteroatoms. The Labute approximate surface area is 78.4 Å². The molecule has 1 aromatic rings. The molecule has 10 heavy (non-hydrogen) atoms. The third kappa shape index (κ3) is 2.22. The van der Waals surface area contributed by atoms with E-state index in [9.17, 15) is 0 Å². The van der Waals surface area contributed by atoms with Crippen LogP contribution in [-0.4, -0.2) is 7.11 Å². The van der Waals surface area contributed by atoms with E-state index in [2.05, 4.69) is 0 Å². The van der Waals surface area contributed by atoms with Gasteiger partial charge in [-0.2, -0.15) is 0 Å². The van der Waals surface area contributed by atoms with Crippen molar-refractivity contribution in [2.75, 3.05) is 7.11 Å². The molecule has 0 aliphatic carbocycles. The molecule has 1 nitrogen and oxygen atoms in total. The smallest absolute Gasteiger partial charge is 0.776 e. The van der Waals surface area contributed by atoms with Gasteiger partial charge in [-0.3, -0.25) is 0 Å². The molecule has 0 spiro atoms. The summed E-state index contributed by atoms with van der Waals surface area (Å²) in [5, 5.41) is 0. The minimum absolute atomic E-state index is 0. The van der Waals surface area contributed by atoms with Crippen molar-refractivity contribution in [2.45, 2.75) is 4.90 Å². The fourth-order valence-electron chi connectivity index (χ4n) is 0.619. The second kappa shape index (κ2) is 4.62. The first kappa shape index (κ1) is 9.84. The number of benzene rings is 1. The van der Waals surface area contributed by atoms with Crippen molar-refractivity contribution in [3.63, 3.8) is 0 Å². The van der Waals surface area contributed by atoms with Crippen LogP contribution in [0, 0.1) is 0 Å². The largest absolute Gasteiger partial charge is 1.00 e. The molecular formula is C7H7LiOS. The normalized spacial score (nSPS) is 8.10. The van der Waals surface area contributed by atoms with Crippen molar-refractivity contribution >= 4 is 12.6 Å². The van der Waals surface area contributed by atoms with Crippen molar-refractivity contribution in [1.82, 2.24) is 0 Å². The van der Waals surface area contributed by atoms with Crippen LogP contribution in [0.25, 0.3) is 0 Å². The molecule has 0 N–H and O–H groups in total. The van der Waals surface area contributed by atoms with E-state index >= 15 is 0 Å². The average molecular weight is 146 g/mol. The van der Waals surface area contributed by atoms with E-state index in [-0.39, 0.29) is 18.9 Å². The summed E-state index contributed by atoms with van der Waals surface area (Å²) in [6.07, 6.45) is 0. The van der Waals surface area contributed by atoms with Crippen LogP contribution in [0.2, 0.25) is 0 Å². The summed E-state index contributed by atoms with van der Waals surface area (Å²) < 4.78 is 4.94. The van der Waals surface area contributed by atoms with Crippen molar-refractivity contribution in [1.29, 1.82) is 0 Å². The van der Waals surface area contributed by atoms with Crippen LogP contribution < -0.4 is 23.6 Å². The predicted molar refractivity (Wildman–Crippen MR) is 38.6 cm³/mol. The molecule has 0 unspecified atom stereocenters. The van der Waals surface area contributed by atoms with E-state index in [0.717, 1.165) is 10.6 Å². The van der Waals surface area contributed by atoms with Gasteiger partial charge in [-0.15, -0.1) is 4.90 Å². The SMILES string of the molecule is COc1ccccc1[S-].[Li+]. The molecule has 0 saturated heterocycles. The number of ether oxygens (including phenoxy) is 1. The van der Waals surface area contributed by atoms with Gasteiger partial charge in [0.25, 0.3) is 0 Å². The predicted octanol–water partition coefficient (Wildman–Crippen LogP) is -1.39. The van der Waals surface area contributed by atoms with Gasteiger partial charge in [0.15, 0.2) is 0 Å². The topological polar surface area (TPSA) is 9.23 Å². The van der Waals surface area contributed by atoms with E-state index in [1.165, 1.54) is 0 Å². The maximum Gasteiger partial charge on any atom is 1.00 e. The van der Waals surface area contributed by atoms with Gasteiger partial charge < -0.3 is 17.4 Å². The summed E-state index contributed by atoms with van der Waals surface area (Å²) >= 11 is 4.93. The van der Waals surface area contributed by atoms with Gasteiger partial charge in [0, 0.05) is 0 Å².